The van der Waals surface area contributed by atoms with Crippen LogP contribution in [0.5, 0.6) is 23.0 Å². The van der Waals surface area contributed by atoms with E-state index in [1.807, 2.05) is 18.2 Å². The van der Waals surface area contributed by atoms with Crippen molar-refractivity contribution in [3.05, 3.63) is 57.9 Å². The second kappa shape index (κ2) is 9.85. The molecule has 2 aromatic carbocycles. The molecule has 1 aromatic heterocycles. The number of fused-ring (bicyclic) bond motifs is 2. The molecule has 0 saturated heterocycles. The van der Waals surface area contributed by atoms with Gasteiger partial charge in [0.05, 0.1) is 19.2 Å². The Morgan fingerprint density at radius 1 is 1.09 bits per heavy atom. The molecule has 8 nitrogen and oxygen atoms in total. The Bertz CT molecular complexity index is 1230. The summed E-state index contributed by atoms with van der Waals surface area (Å²) < 4.78 is 23.5. The number of amides is 1. The number of aryl methyl sites for hydroxylation is 1. The number of unbranched alkanes of at least 4 members (excludes halogenated alkanes) is 2. The monoisotopic (exact) mass is 452 g/mol. The van der Waals surface area contributed by atoms with Crippen molar-refractivity contribution in [3.63, 3.8) is 0 Å². The molecule has 33 heavy (non-hydrogen) atoms. The summed E-state index contributed by atoms with van der Waals surface area (Å²) in [5, 5.41) is 3.54. The fourth-order valence-electron chi connectivity index (χ4n) is 3.78. The quantitative estimate of drug-likeness (QED) is 0.497. The van der Waals surface area contributed by atoms with Crippen molar-refractivity contribution in [3.8, 4) is 23.0 Å². The number of nitrogens with one attached hydrogen (secondary N) is 1. The minimum atomic E-state index is -0.448. The molecule has 1 aliphatic rings. The highest BCUT2D eigenvalue weighted by Gasteiger charge is 2.18. The van der Waals surface area contributed by atoms with Crippen LogP contribution in [0.3, 0.4) is 0 Å². The number of hydrogen-bond acceptors (Lipinski definition) is 6. The molecule has 0 fully saturated rings. The molecule has 0 saturated carbocycles. The summed E-state index contributed by atoms with van der Waals surface area (Å²) in [4.78, 5) is 25.8. The number of benzene rings is 2. The fourth-order valence-corrected chi connectivity index (χ4v) is 3.78. The number of pyridine rings is 1. The van der Waals surface area contributed by atoms with E-state index in [0.29, 0.717) is 35.1 Å². The lowest BCUT2D eigenvalue weighted by molar-refractivity contribution is 0.0949. The molecule has 3 aromatic rings. The third-order valence-electron chi connectivity index (χ3n) is 5.65. The Hall–Kier alpha value is -3.68. The Morgan fingerprint density at radius 3 is 2.70 bits per heavy atom. The zero-order valence-electron chi connectivity index (χ0n) is 19.1. The molecule has 1 aliphatic heterocycles. The maximum atomic E-state index is 12.9. The van der Waals surface area contributed by atoms with Crippen LogP contribution >= 0.6 is 0 Å². The zero-order chi connectivity index (χ0) is 23.4. The van der Waals surface area contributed by atoms with Crippen LogP contribution in [0.4, 0.5) is 0 Å². The van der Waals surface area contributed by atoms with Crippen LogP contribution in [0.15, 0.2) is 41.2 Å². The van der Waals surface area contributed by atoms with Crippen molar-refractivity contribution in [1.29, 1.82) is 0 Å². The second-order valence-electron chi connectivity index (χ2n) is 7.91. The van der Waals surface area contributed by atoms with Crippen molar-refractivity contribution in [2.45, 2.75) is 32.7 Å². The van der Waals surface area contributed by atoms with Gasteiger partial charge in [0.15, 0.2) is 23.0 Å². The number of aromatic nitrogens is 1. The molecule has 0 atom stereocenters. The first-order valence-electron chi connectivity index (χ1n) is 11.0. The van der Waals surface area contributed by atoms with E-state index >= 15 is 0 Å². The molecule has 8 heteroatoms. The average Bonchev–Trinajstić information content (AvgIpc) is 3.30. The van der Waals surface area contributed by atoms with Gasteiger partial charge in [-0.25, -0.2) is 0 Å². The molecule has 1 N–H and O–H groups in total. The van der Waals surface area contributed by atoms with Gasteiger partial charge >= 0.3 is 0 Å². The lowest BCUT2D eigenvalue weighted by Crippen LogP contribution is -2.32. The van der Waals surface area contributed by atoms with Gasteiger partial charge in [-0.15, -0.1) is 0 Å². The van der Waals surface area contributed by atoms with Gasteiger partial charge in [0, 0.05) is 25.0 Å². The summed E-state index contributed by atoms with van der Waals surface area (Å²) in [6.45, 7) is 3.15. The molecule has 0 radical (unpaired) electrons. The molecule has 0 unspecified atom stereocenters. The SMILES string of the molecule is CCCCCOc1cc2cc(C(=O)NCc3ccc4c(c3)OCO4)c(=O)n(C)c2cc1OC. The van der Waals surface area contributed by atoms with E-state index in [1.54, 1.807) is 32.4 Å². The van der Waals surface area contributed by atoms with E-state index in [4.69, 9.17) is 18.9 Å². The van der Waals surface area contributed by atoms with Gasteiger partial charge in [-0.2, -0.15) is 0 Å². The zero-order valence-corrected chi connectivity index (χ0v) is 19.1. The number of ether oxygens (including phenoxy) is 4. The highest BCUT2D eigenvalue weighted by atomic mass is 16.7. The van der Waals surface area contributed by atoms with Gasteiger partial charge in [-0.1, -0.05) is 25.8 Å². The van der Waals surface area contributed by atoms with Gasteiger partial charge in [0.2, 0.25) is 6.79 Å². The number of hydrogen-bond donors (Lipinski definition) is 1. The smallest absolute Gasteiger partial charge is 0.263 e. The van der Waals surface area contributed by atoms with Gasteiger partial charge in [0.25, 0.3) is 11.5 Å². The highest BCUT2D eigenvalue weighted by molar-refractivity contribution is 5.97. The predicted octanol–water partition coefficient (Wildman–Crippen LogP) is 3.77. The number of methoxy groups -OCH3 is 1. The van der Waals surface area contributed by atoms with Gasteiger partial charge in [-0.05, 0) is 36.2 Å². The molecular weight excluding hydrogens is 424 g/mol. The van der Waals surface area contributed by atoms with Crippen LogP contribution in [0.25, 0.3) is 10.9 Å². The summed E-state index contributed by atoms with van der Waals surface area (Å²) >= 11 is 0. The summed E-state index contributed by atoms with van der Waals surface area (Å²) in [7, 11) is 3.20. The van der Waals surface area contributed by atoms with E-state index in [1.165, 1.54) is 4.57 Å². The second-order valence-corrected chi connectivity index (χ2v) is 7.91. The number of carbonyl (C=O) groups is 1. The van der Waals surface area contributed by atoms with Crippen LogP contribution in [0.1, 0.15) is 42.1 Å². The van der Waals surface area contributed by atoms with Gasteiger partial charge < -0.3 is 28.8 Å². The first-order valence-corrected chi connectivity index (χ1v) is 11.0. The summed E-state index contributed by atoms with van der Waals surface area (Å²) in [6, 6.07) is 10.6. The average molecular weight is 453 g/mol. The van der Waals surface area contributed by atoms with Crippen LogP contribution in [0, 0.1) is 0 Å². The van der Waals surface area contributed by atoms with E-state index in [9.17, 15) is 9.59 Å². The van der Waals surface area contributed by atoms with E-state index in [0.717, 1.165) is 30.2 Å². The lowest BCUT2D eigenvalue weighted by Gasteiger charge is -2.15. The normalized spacial score (nSPS) is 12.1. The van der Waals surface area contributed by atoms with E-state index < -0.39 is 5.91 Å². The molecule has 174 valence electrons. The number of nitrogens with zero attached hydrogens (tertiary/aromatic N) is 1. The molecule has 1 amide bonds. The topological polar surface area (TPSA) is 88.0 Å². The van der Waals surface area contributed by atoms with Crippen molar-refractivity contribution < 1.29 is 23.7 Å². The van der Waals surface area contributed by atoms with Crippen LogP contribution in [-0.2, 0) is 13.6 Å². The van der Waals surface area contributed by atoms with Gasteiger partial charge in [0.1, 0.15) is 5.56 Å². The Labute approximate surface area is 192 Å². The van der Waals surface area contributed by atoms with Gasteiger partial charge in [-0.3, -0.25) is 9.59 Å². The van der Waals surface area contributed by atoms with Crippen molar-refractivity contribution in [2.24, 2.45) is 7.05 Å². The molecule has 0 bridgehead atoms. The van der Waals surface area contributed by atoms with Crippen molar-refractivity contribution >= 4 is 16.8 Å². The molecule has 2 heterocycles. The van der Waals surface area contributed by atoms with E-state index in [-0.39, 0.29) is 24.5 Å². The van der Waals surface area contributed by atoms with Crippen molar-refractivity contribution in [2.75, 3.05) is 20.5 Å². The molecular formula is C25H28N2O6. The fraction of sp³-hybridized carbons (Fsp3) is 0.360. The first-order chi connectivity index (χ1) is 16.0. The lowest BCUT2D eigenvalue weighted by atomic mass is 10.1. The largest absolute Gasteiger partial charge is 0.493 e. The van der Waals surface area contributed by atoms with E-state index in [2.05, 4.69) is 12.2 Å². The molecule has 4 rings (SSSR count). The third-order valence-corrected chi connectivity index (χ3v) is 5.65. The first kappa shape index (κ1) is 22.5. The van der Waals surface area contributed by atoms with Crippen molar-refractivity contribution in [1.82, 2.24) is 9.88 Å². The highest BCUT2D eigenvalue weighted by Crippen LogP contribution is 2.33. The Kier molecular flexibility index (Phi) is 6.72. The Morgan fingerprint density at radius 2 is 1.91 bits per heavy atom. The summed E-state index contributed by atoms with van der Waals surface area (Å²) in [6.07, 6.45) is 3.13. The predicted molar refractivity (Wildman–Crippen MR) is 124 cm³/mol. The molecule has 0 aliphatic carbocycles. The van der Waals surface area contributed by atoms with Crippen LogP contribution in [0.2, 0.25) is 0 Å². The summed E-state index contributed by atoms with van der Waals surface area (Å²) in [5.74, 6) is 2.01. The summed E-state index contributed by atoms with van der Waals surface area (Å²) in [5.41, 5.74) is 1.18. The standard InChI is InChI=1S/C25H28N2O6/c1-4-5-6-9-31-23-12-17-11-18(25(29)27(2)19(17)13-21(23)30-3)24(28)26-14-16-7-8-20-22(10-16)33-15-32-20/h7-8,10-13H,4-6,9,14-15H2,1-3H3,(H,26,28). The maximum absolute atomic E-state index is 12.9. The molecule has 0 spiro atoms. The third kappa shape index (κ3) is 4.74. The minimum Gasteiger partial charge on any atom is -0.493 e. The van der Waals surface area contributed by atoms with Crippen LogP contribution in [-0.4, -0.2) is 31.0 Å². The van der Waals surface area contributed by atoms with Crippen LogP contribution < -0.4 is 29.8 Å². The number of carbonyl (C=O) groups excluding carboxylic acids is 1. The minimum absolute atomic E-state index is 0.0628. The maximum Gasteiger partial charge on any atom is 0.263 e. The number of rotatable bonds is 9. The Balaban J connectivity index is 1.58.